The minimum absolute atomic E-state index is 0.102. The Kier molecular flexibility index (Phi) is 9.08. The second-order valence-corrected chi connectivity index (χ2v) is 7.14. The number of carbonyl (C=O) groups excluding carboxylic acids is 3. The zero-order valence-corrected chi connectivity index (χ0v) is 17.2. The van der Waals surface area contributed by atoms with Gasteiger partial charge >= 0.3 is 0 Å². The van der Waals surface area contributed by atoms with Crippen molar-refractivity contribution in [3.8, 4) is 0 Å². The van der Waals surface area contributed by atoms with Crippen molar-refractivity contribution in [2.75, 3.05) is 6.61 Å². The molecule has 8 heteroatoms. The molecule has 0 radical (unpaired) electrons. The fourth-order valence-corrected chi connectivity index (χ4v) is 2.97. The van der Waals surface area contributed by atoms with Crippen LogP contribution in [0.3, 0.4) is 0 Å². The number of Topliss-reactive ketones (excluding diaryl/α,β-unsaturated/α-hetero) is 1. The van der Waals surface area contributed by atoms with Crippen molar-refractivity contribution < 1.29 is 19.5 Å². The number of hydrogen-bond donors (Lipinski definition) is 3. The Bertz CT molecular complexity index is 830. The van der Waals surface area contributed by atoms with Gasteiger partial charge in [-0.2, -0.15) is 0 Å². The van der Waals surface area contributed by atoms with Gasteiger partial charge in [0.15, 0.2) is 5.78 Å². The molecule has 0 bridgehead atoms. The standard InChI is InChI=1S/C22H28N4O4/c1-3-15(2)20(26-21(29)18-13-23-11-12-24-18)22(30)25-17(19(28)14-27)10-9-16-7-5-4-6-8-16/h4-8,11-13,15,17,20,27H,3,9-10,14H2,1-2H3,(H,25,30)(H,26,29)/t15?,17-,20-/m0/s1. The number of ketones is 1. The molecule has 2 rings (SSSR count). The van der Waals surface area contributed by atoms with Crippen molar-refractivity contribution >= 4 is 17.6 Å². The van der Waals surface area contributed by atoms with Crippen LogP contribution in [0.1, 0.15) is 42.7 Å². The van der Waals surface area contributed by atoms with Crippen molar-refractivity contribution in [1.82, 2.24) is 20.6 Å². The van der Waals surface area contributed by atoms with Crippen molar-refractivity contribution in [2.24, 2.45) is 5.92 Å². The van der Waals surface area contributed by atoms with Gasteiger partial charge < -0.3 is 15.7 Å². The SMILES string of the molecule is CCC(C)[C@H](NC(=O)c1cnccn1)C(=O)N[C@@H](CCc1ccccc1)C(=O)CO. The van der Waals surface area contributed by atoms with E-state index < -0.39 is 36.3 Å². The van der Waals surface area contributed by atoms with E-state index in [1.54, 1.807) is 0 Å². The van der Waals surface area contributed by atoms with Crippen LogP contribution >= 0.6 is 0 Å². The number of rotatable bonds is 11. The second kappa shape index (κ2) is 11.8. The first-order valence-corrected chi connectivity index (χ1v) is 10.0. The summed E-state index contributed by atoms with van der Waals surface area (Å²) in [5, 5.41) is 14.7. The molecule has 0 aliphatic rings. The van der Waals surface area contributed by atoms with E-state index >= 15 is 0 Å². The summed E-state index contributed by atoms with van der Waals surface area (Å²) < 4.78 is 0. The minimum Gasteiger partial charge on any atom is -0.389 e. The Hall–Kier alpha value is -3.13. The maximum absolute atomic E-state index is 13.0. The second-order valence-electron chi connectivity index (χ2n) is 7.14. The molecule has 0 spiro atoms. The number of nitrogens with zero attached hydrogens (tertiary/aromatic N) is 2. The number of benzene rings is 1. The molecule has 1 aromatic carbocycles. The fraction of sp³-hybridized carbons (Fsp3) is 0.409. The van der Waals surface area contributed by atoms with Crippen LogP contribution in [0.15, 0.2) is 48.9 Å². The number of carbonyl (C=O) groups is 3. The van der Waals surface area contributed by atoms with Gasteiger partial charge in [-0.3, -0.25) is 19.4 Å². The molecule has 30 heavy (non-hydrogen) atoms. The van der Waals surface area contributed by atoms with Crippen LogP contribution in [0.2, 0.25) is 0 Å². The Morgan fingerprint density at radius 3 is 2.43 bits per heavy atom. The molecule has 8 nitrogen and oxygen atoms in total. The van der Waals surface area contributed by atoms with E-state index in [0.717, 1.165) is 5.56 Å². The molecule has 3 N–H and O–H groups in total. The molecule has 160 valence electrons. The molecule has 3 atom stereocenters. The van der Waals surface area contributed by atoms with Crippen molar-refractivity contribution in [2.45, 2.75) is 45.2 Å². The van der Waals surface area contributed by atoms with E-state index in [0.29, 0.717) is 19.3 Å². The van der Waals surface area contributed by atoms with Crippen LogP contribution in [-0.4, -0.2) is 51.4 Å². The van der Waals surface area contributed by atoms with Gasteiger partial charge in [-0.25, -0.2) is 4.98 Å². The molecule has 1 aromatic heterocycles. The molecular formula is C22H28N4O4. The van der Waals surface area contributed by atoms with Gasteiger partial charge in [0, 0.05) is 12.4 Å². The highest BCUT2D eigenvalue weighted by Crippen LogP contribution is 2.11. The van der Waals surface area contributed by atoms with Crippen LogP contribution in [0.5, 0.6) is 0 Å². The van der Waals surface area contributed by atoms with Crippen LogP contribution in [0.4, 0.5) is 0 Å². The fourth-order valence-electron chi connectivity index (χ4n) is 2.97. The number of aryl methyl sites for hydroxylation is 1. The highest BCUT2D eigenvalue weighted by molar-refractivity contribution is 5.97. The topological polar surface area (TPSA) is 121 Å². The predicted octanol–water partition coefficient (Wildman–Crippen LogP) is 1.30. The normalized spacial score (nSPS) is 13.7. The molecule has 0 aliphatic carbocycles. The number of aliphatic hydroxyl groups excluding tert-OH is 1. The maximum atomic E-state index is 13.0. The molecular weight excluding hydrogens is 384 g/mol. The summed E-state index contributed by atoms with van der Waals surface area (Å²) >= 11 is 0. The van der Waals surface area contributed by atoms with Gasteiger partial charge in [0.1, 0.15) is 18.3 Å². The molecule has 0 aliphatic heterocycles. The minimum atomic E-state index is -0.852. The monoisotopic (exact) mass is 412 g/mol. The number of aliphatic hydroxyl groups is 1. The lowest BCUT2D eigenvalue weighted by atomic mass is 9.96. The summed E-state index contributed by atoms with van der Waals surface area (Å²) in [5.74, 6) is -1.63. The summed E-state index contributed by atoms with van der Waals surface area (Å²) in [6, 6.07) is 7.88. The van der Waals surface area contributed by atoms with Crippen molar-refractivity contribution in [3.05, 3.63) is 60.2 Å². The molecule has 1 heterocycles. The molecule has 2 amide bonds. The van der Waals surface area contributed by atoms with E-state index in [2.05, 4.69) is 20.6 Å². The molecule has 2 aromatic rings. The summed E-state index contributed by atoms with van der Waals surface area (Å²) in [6.07, 6.45) is 5.72. The first-order chi connectivity index (χ1) is 14.5. The van der Waals surface area contributed by atoms with E-state index in [4.69, 9.17) is 0 Å². The summed E-state index contributed by atoms with van der Waals surface area (Å²) in [4.78, 5) is 45.4. The lowest BCUT2D eigenvalue weighted by Crippen LogP contribution is -2.54. The largest absolute Gasteiger partial charge is 0.389 e. The third-order valence-electron chi connectivity index (χ3n) is 5.00. The van der Waals surface area contributed by atoms with Crippen LogP contribution in [0.25, 0.3) is 0 Å². The van der Waals surface area contributed by atoms with E-state index in [9.17, 15) is 19.5 Å². The van der Waals surface area contributed by atoms with Crippen molar-refractivity contribution in [1.29, 1.82) is 0 Å². The third kappa shape index (κ3) is 6.73. The summed E-state index contributed by atoms with van der Waals surface area (Å²) in [5.41, 5.74) is 1.13. The first-order valence-electron chi connectivity index (χ1n) is 10.0. The number of amides is 2. The molecule has 0 fully saturated rings. The van der Waals surface area contributed by atoms with Crippen LogP contribution < -0.4 is 10.6 Å². The zero-order valence-electron chi connectivity index (χ0n) is 17.2. The highest BCUT2D eigenvalue weighted by atomic mass is 16.3. The van der Waals surface area contributed by atoms with E-state index in [1.165, 1.54) is 18.6 Å². The Morgan fingerprint density at radius 1 is 1.10 bits per heavy atom. The van der Waals surface area contributed by atoms with E-state index in [1.807, 2.05) is 44.2 Å². The van der Waals surface area contributed by atoms with Gasteiger partial charge in [0.05, 0.1) is 12.2 Å². The average molecular weight is 412 g/mol. The average Bonchev–Trinajstić information content (AvgIpc) is 2.80. The number of aromatic nitrogens is 2. The Morgan fingerprint density at radius 2 is 1.83 bits per heavy atom. The molecule has 0 saturated heterocycles. The smallest absolute Gasteiger partial charge is 0.272 e. The predicted molar refractivity (Wildman–Crippen MR) is 112 cm³/mol. The number of nitrogens with one attached hydrogen (secondary N) is 2. The number of hydrogen-bond acceptors (Lipinski definition) is 6. The molecule has 1 unspecified atom stereocenters. The quantitative estimate of drug-likeness (QED) is 0.511. The van der Waals surface area contributed by atoms with Crippen LogP contribution in [-0.2, 0) is 16.0 Å². The van der Waals surface area contributed by atoms with Crippen molar-refractivity contribution in [3.63, 3.8) is 0 Å². The van der Waals surface area contributed by atoms with Gasteiger partial charge in [0.25, 0.3) is 5.91 Å². The van der Waals surface area contributed by atoms with Gasteiger partial charge in [0.2, 0.25) is 5.91 Å². The first kappa shape index (κ1) is 23.2. The maximum Gasteiger partial charge on any atom is 0.272 e. The highest BCUT2D eigenvalue weighted by Gasteiger charge is 2.30. The third-order valence-corrected chi connectivity index (χ3v) is 5.00. The summed E-state index contributed by atoms with van der Waals surface area (Å²) in [7, 11) is 0. The summed E-state index contributed by atoms with van der Waals surface area (Å²) in [6.45, 7) is 3.08. The lowest BCUT2D eigenvalue weighted by Gasteiger charge is -2.26. The lowest BCUT2D eigenvalue weighted by molar-refractivity contribution is -0.131. The van der Waals surface area contributed by atoms with E-state index in [-0.39, 0.29) is 11.6 Å². The van der Waals surface area contributed by atoms with Gasteiger partial charge in [-0.1, -0.05) is 50.6 Å². The Balaban J connectivity index is 2.09. The zero-order chi connectivity index (χ0) is 21.9. The molecule has 0 saturated carbocycles. The Labute approximate surface area is 176 Å². The van der Waals surface area contributed by atoms with Gasteiger partial charge in [-0.05, 0) is 24.3 Å². The van der Waals surface area contributed by atoms with Gasteiger partial charge in [-0.15, -0.1) is 0 Å². The van der Waals surface area contributed by atoms with Crippen LogP contribution in [0, 0.1) is 5.92 Å².